The van der Waals surface area contributed by atoms with Gasteiger partial charge in [0.25, 0.3) is 0 Å². The number of carboxylic acid groups (broad SMARTS) is 1. The van der Waals surface area contributed by atoms with Gasteiger partial charge in [-0.2, -0.15) is 0 Å². The molecule has 5 nitrogen and oxygen atoms in total. The molecule has 1 aromatic carbocycles. The van der Waals surface area contributed by atoms with E-state index in [-0.39, 0.29) is 5.57 Å². The maximum absolute atomic E-state index is 11.3. The zero-order valence-corrected chi connectivity index (χ0v) is 10.5. The number of carbonyl (C=O) groups is 3. The molecule has 0 aliphatic carbocycles. The lowest BCUT2D eigenvalue weighted by atomic mass is 10.0. The SMILES string of the molecule is C=CC(=O)O.C=Cc1ccccc1C1=CC(=O)OC1=O. The quantitative estimate of drug-likeness (QED) is 0.517. The second kappa shape index (κ2) is 6.84. The highest BCUT2D eigenvalue weighted by Gasteiger charge is 2.25. The summed E-state index contributed by atoms with van der Waals surface area (Å²) in [7, 11) is 0. The van der Waals surface area contributed by atoms with Crippen molar-refractivity contribution in [2.24, 2.45) is 0 Å². The number of carbonyl (C=O) groups excluding carboxylic acids is 2. The summed E-state index contributed by atoms with van der Waals surface area (Å²) >= 11 is 0. The van der Waals surface area contributed by atoms with Crippen molar-refractivity contribution in [1.82, 2.24) is 0 Å². The van der Waals surface area contributed by atoms with Crippen molar-refractivity contribution in [2.45, 2.75) is 0 Å². The molecule has 0 saturated heterocycles. The Morgan fingerprint density at radius 1 is 1.20 bits per heavy atom. The van der Waals surface area contributed by atoms with Gasteiger partial charge in [0.1, 0.15) is 0 Å². The van der Waals surface area contributed by atoms with Gasteiger partial charge in [0, 0.05) is 12.2 Å². The lowest BCUT2D eigenvalue weighted by Crippen LogP contribution is -2.02. The van der Waals surface area contributed by atoms with Crippen molar-refractivity contribution in [3.05, 3.63) is 60.7 Å². The lowest BCUT2D eigenvalue weighted by molar-refractivity contribution is -0.149. The molecular weight excluding hydrogens is 260 g/mol. The number of hydrogen-bond acceptors (Lipinski definition) is 4. The minimum absolute atomic E-state index is 0.288. The van der Waals surface area contributed by atoms with Gasteiger partial charge < -0.3 is 9.84 Å². The molecule has 0 amide bonds. The van der Waals surface area contributed by atoms with Crippen molar-refractivity contribution >= 4 is 29.6 Å². The molecule has 0 unspecified atom stereocenters. The Morgan fingerprint density at radius 2 is 1.80 bits per heavy atom. The highest BCUT2D eigenvalue weighted by molar-refractivity contribution is 6.28. The van der Waals surface area contributed by atoms with E-state index in [2.05, 4.69) is 17.9 Å². The fourth-order valence-electron chi connectivity index (χ4n) is 1.46. The molecule has 1 aliphatic rings. The maximum atomic E-state index is 11.3. The molecular formula is C15H12O5. The fraction of sp³-hybridized carbons (Fsp3) is 0. The van der Waals surface area contributed by atoms with Crippen LogP contribution in [0.15, 0.2) is 49.6 Å². The minimum Gasteiger partial charge on any atom is -0.478 e. The number of cyclic esters (lactones) is 2. The number of carboxylic acids is 1. The topological polar surface area (TPSA) is 80.7 Å². The molecule has 0 atom stereocenters. The summed E-state index contributed by atoms with van der Waals surface area (Å²) in [6.45, 7) is 6.60. The molecule has 20 heavy (non-hydrogen) atoms. The zero-order valence-electron chi connectivity index (χ0n) is 10.5. The summed E-state index contributed by atoms with van der Waals surface area (Å²) in [5, 5.41) is 7.60. The van der Waals surface area contributed by atoms with E-state index in [1.54, 1.807) is 18.2 Å². The van der Waals surface area contributed by atoms with Crippen LogP contribution in [0, 0.1) is 0 Å². The van der Waals surface area contributed by atoms with Crippen LogP contribution in [0.2, 0.25) is 0 Å². The number of benzene rings is 1. The Kier molecular flexibility index (Phi) is 5.17. The molecule has 0 spiro atoms. The minimum atomic E-state index is -0.981. The molecule has 102 valence electrons. The number of aliphatic carboxylic acids is 1. The third-order valence-electron chi connectivity index (χ3n) is 2.32. The first-order chi connectivity index (χ1) is 9.49. The first kappa shape index (κ1) is 15.1. The first-order valence-corrected chi connectivity index (χ1v) is 5.54. The number of rotatable bonds is 3. The number of hydrogen-bond donors (Lipinski definition) is 1. The van der Waals surface area contributed by atoms with Gasteiger partial charge in [-0.15, -0.1) is 0 Å². The van der Waals surface area contributed by atoms with Crippen LogP contribution in [0.1, 0.15) is 11.1 Å². The van der Waals surface area contributed by atoms with Gasteiger partial charge in [-0.05, 0) is 11.1 Å². The molecule has 1 aromatic rings. The van der Waals surface area contributed by atoms with E-state index in [1.807, 2.05) is 12.1 Å². The van der Waals surface area contributed by atoms with Crippen LogP contribution in [0.25, 0.3) is 11.6 Å². The Bertz CT molecular complexity index is 610. The Hall–Kier alpha value is -2.95. The van der Waals surface area contributed by atoms with Crippen molar-refractivity contribution in [3.8, 4) is 0 Å². The van der Waals surface area contributed by atoms with Crippen molar-refractivity contribution in [2.75, 3.05) is 0 Å². The number of esters is 2. The largest absolute Gasteiger partial charge is 0.478 e. The van der Waals surface area contributed by atoms with Crippen LogP contribution < -0.4 is 0 Å². The Balaban J connectivity index is 0.000000347. The van der Waals surface area contributed by atoms with Crippen LogP contribution in [-0.2, 0) is 19.1 Å². The molecule has 1 aliphatic heterocycles. The van der Waals surface area contributed by atoms with Crippen molar-refractivity contribution < 1.29 is 24.2 Å². The van der Waals surface area contributed by atoms with Gasteiger partial charge in [0.05, 0.1) is 5.57 Å². The van der Waals surface area contributed by atoms with E-state index >= 15 is 0 Å². The Morgan fingerprint density at radius 3 is 2.25 bits per heavy atom. The van der Waals surface area contributed by atoms with E-state index < -0.39 is 17.9 Å². The third kappa shape index (κ3) is 3.78. The predicted octanol–water partition coefficient (Wildman–Crippen LogP) is 2.05. The average Bonchev–Trinajstić information content (AvgIpc) is 2.78. The lowest BCUT2D eigenvalue weighted by Gasteiger charge is -2.03. The monoisotopic (exact) mass is 272 g/mol. The van der Waals surface area contributed by atoms with Crippen LogP contribution >= 0.6 is 0 Å². The fourth-order valence-corrected chi connectivity index (χ4v) is 1.46. The van der Waals surface area contributed by atoms with Crippen LogP contribution in [0.3, 0.4) is 0 Å². The van der Waals surface area contributed by atoms with E-state index in [4.69, 9.17) is 5.11 Å². The normalized spacial score (nSPS) is 12.7. The Labute approximate surface area is 115 Å². The standard InChI is InChI=1S/C12H8O3.C3H4O2/c1-2-8-5-3-4-6-9(8)10-7-11(13)15-12(10)14;1-2-3(4)5/h2-7H,1H2;2H,1H2,(H,4,5). The van der Waals surface area contributed by atoms with Crippen LogP contribution in [-0.4, -0.2) is 23.0 Å². The highest BCUT2D eigenvalue weighted by Crippen LogP contribution is 2.24. The number of ether oxygens (including phenoxy) is 1. The molecule has 0 fully saturated rings. The van der Waals surface area contributed by atoms with E-state index in [0.717, 1.165) is 11.6 Å². The summed E-state index contributed by atoms with van der Waals surface area (Å²) < 4.78 is 4.42. The van der Waals surface area contributed by atoms with E-state index in [0.29, 0.717) is 5.56 Å². The molecule has 2 rings (SSSR count). The molecule has 1 N–H and O–H groups in total. The molecule has 0 bridgehead atoms. The van der Waals surface area contributed by atoms with E-state index in [9.17, 15) is 14.4 Å². The summed E-state index contributed by atoms with van der Waals surface area (Å²) in [5.41, 5.74) is 1.76. The van der Waals surface area contributed by atoms with Crippen LogP contribution in [0.5, 0.6) is 0 Å². The van der Waals surface area contributed by atoms with E-state index in [1.165, 1.54) is 6.08 Å². The third-order valence-corrected chi connectivity index (χ3v) is 2.32. The molecule has 1 heterocycles. The highest BCUT2D eigenvalue weighted by atomic mass is 16.6. The smallest absolute Gasteiger partial charge is 0.346 e. The van der Waals surface area contributed by atoms with Gasteiger partial charge in [0.15, 0.2) is 0 Å². The van der Waals surface area contributed by atoms with Gasteiger partial charge in [-0.25, -0.2) is 14.4 Å². The second-order valence-corrected chi connectivity index (χ2v) is 3.60. The molecule has 0 saturated carbocycles. The van der Waals surface area contributed by atoms with Gasteiger partial charge in [-0.3, -0.25) is 0 Å². The summed E-state index contributed by atoms with van der Waals surface area (Å²) in [5.74, 6) is -2.20. The van der Waals surface area contributed by atoms with Gasteiger partial charge in [0.2, 0.25) is 0 Å². The van der Waals surface area contributed by atoms with Gasteiger partial charge in [-0.1, -0.05) is 43.5 Å². The molecule has 0 aromatic heterocycles. The van der Waals surface area contributed by atoms with Crippen molar-refractivity contribution in [3.63, 3.8) is 0 Å². The molecule has 0 radical (unpaired) electrons. The predicted molar refractivity (Wildman–Crippen MR) is 73.4 cm³/mol. The first-order valence-electron chi connectivity index (χ1n) is 5.54. The molecule has 5 heteroatoms. The summed E-state index contributed by atoms with van der Waals surface area (Å²) in [6, 6.07) is 7.20. The second-order valence-electron chi connectivity index (χ2n) is 3.60. The van der Waals surface area contributed by atoms with Crippen molar-refractivity contribution in [1.29, 1.82) is 0 Å². The summed E-state index contributed by atoms with van der Waals surface area (Å²) in [4.78, 5) is 31.4. The average molecular weight is 272 g/mol. The summed E-state index contributed by atoms with van der Waals surface area (Å²) in [6.07, 6.45) is 3.66. The zero-order chi connectivity index (χ0) is 15.1. The van der Waals surface area contributed by atoms with Crippen LogP contribution in [0.4, 0.5) is 0 Å². The maximum Gasteiger partial charge on any atom is 0.346 e. The van der Waals surface area contributed by atoms with Gasteiger partial charge >= 0.3 is 17.9 Å².